The molecule has 0 aliphatic carbocycles. The Bertz CT molecular complexity index is 426. The van der Waals surface area contributed by atoms with E-state index in [0.717, 1.165) is 37.1 Å². The first kappa shape index (κ1) is 14.5. The Kier molecular flexibility index (Phi) is 4.62. The lowest BCUT2D eigenvalue weighted by Crippen LogP contribution is -2.27. The minimum absolute atomic E-state index is 0.155. The molecular formula is C13H17F3N2S. The predicted molar refractivity (Wildman–Crippen MR) is 73.1 cm³/mol. The van der Waals surface area contributed by atoms with Crippen molar-refractivity contribution < 1.29 is 13.2 Å². The maximum absolute atomic E-state index is 13.0. The fourth-order valence-electron chi connectivity index (χ4n) is 2.19. The lowest BCUT2D eigenvalue weighted by Gasteiger charge is -2.22. The minimum atomic E-state index is -4.34. The number of hydrogen-bond donors (Lipinski definition) is 1. The third kappa shape index (κ3) is 4.04. The molecular weight excluding hydrogens is 273 g/mol. The van der Waals surface area contributed by atoms with Gasteiger partial charge in [-0.3, -0.25) is 4.90 Å². The van der Waals surface area contributed by atoms with Crippen LogP contribution in [-0.4, -0.2) is 29.5 Å². The number of rotatable bonds is 2. The number of nitrogen functional groups attached to an aromatic ring is 1. The van der Waals surface area contributed by atoms with Crippen LogP contribution < -0.4 is 5.73 Å². The Morgan fingerprint density at radius 1 is 1.21 bits per heavy atom. The van der Waals surface area contributed by atoms with Gasteiger partial charge in [-0.25, -0.2) is 0 Å². The fraction of sp³-hybridized carbons (Fsp3) is 0.538. The van der Waals surface area contributed by atoms with Gasteiger partial charge >= 0.3 is 6.18 Å². The Hall–Kier alpha value is -0.880. The fourth-order valence-corrected chi connectivity index (χ4v) is 3.12. The van der Waals surface area contributed by atoms with Crippen molar-refractivity contribution in [2.24, 2.45) is 0 Å². The van der Waals surface area contributed by atoms with Crippen LogP contribution >= 0.6 is 11.8 Å². The average Bonchev–Trinajstić information content (AvgIpc) is 2.59. The molecule has 0 atom stereocenters. The monoisotopic (exact) mass is 290 g/mol. The minimum Gasteiger partial charge on any atom is -0.399 e. The quantitative estimate of drug-likeness (QED) is 0.848. The van der Waals surface area contributed by atoms with Crippen LogP contribution in [-0.2, 0) is 12.7 Å². The average molecular weight is 290 g/mol. The Morgan fingerprint density at radius 3 is 2.74 bits per heavy atom. The predicted octanol–water partition coefficient (Wildman–Crippen LogP) is 3.23. The van der Waals surface area contributed by atoms with E-state index in [4.69, 9.17) is 5.73 Å². The van der Waals surface area contributed by atoms with Gasteiger partial charge in [0, 0.05) is 24.5 Å². The van der Waals surface area contributed by atoms with Crippen molar-refractivity contribution in [3.8, 4) is 0 Å². The van der Waals surface area contributed by atoms with Gasteiger partial charge in [0.1, 0.15) is 0 Å². The van der Waals surface area contributed by atoms with Gasteiger partial charge in [-0.15, -0.1) is 0 Å². The van der Waals surface area contributed by atoms with Crippen LogP contribution in [0.2, 0.25) is 0 Å². The highest BCUT2D eigenvalue weighted by atomic mass is 32.2. The molecule has 0 bridgehead atoms. The summed E-state index contributed by atoms with van der Waals surface area (Å²) in [5.41, 5.74) is 5.33. The van der Waals surface area contributed by atoms with E-state index in [2.05, 4.69) is 4.90 Å². The third-order valence-electron chi connectivity index (χ3n) is 3.15. The first-order valence-electron chi connectivity index (χ1n) is 6.22. The Labute approximate surface area is 115 Å². The molecule has 2 N–H and O–H groups in total. The second-order valence-corrected chi connectivity index (χ2v) is 5.88. The number of nitrogens with zero attached hydrogens (tertiary/aromatic N) is 1. The van der Waals surface area contributed by atoms with Crippen molar-refractivity contribution in [3.05, 3.63) is 29.3 Å². The third-order valence-corrected chi connectivity index (χ3v) is 4.20. The van der Waals surface area contributed by atoms with Gasteiger partial charge < -0.3 is 5.73 Å². The molecule has 0 unspecified atom stereocenters. The number of hydrogen-bond acceptors (Lipinski definition) is 3. The van der Waals surface area contributed by atoms with Gasteiger partial charge in [0.05, 0.1) is 5.56 Å². The van der Waals surface area contributed by atoms with Gasteiger partial charge in [-0.1, -0.05) is 6.07 Å². The highest BCUT2D eigenvalue weighted by molar-refractivity contribution is 7.99. The molecule has 1 fully saturated rings. The highest BCUT2D eigenvalue weighted by Crippen LogP contribution is 2.34. The van der Waals surface area contributed by atoms with Crippen LogP contribution in [0.3, 0.4) is 0 Å². The summed E-state index contributed by atoms with van der Waals surface area (Å²) in [5, 5.41) is 0. The van der Waals surface area contributed by atoms with E-state index in [9.17, 15) is 13.2 Å². The summed E-state index contributed by atoms with van der Waals surface area (Å²) in [4.78, 5) is 2.08. The molecule has 0 amide bonds. The molecule has 0 saturated carbocycles. The van der Waals surface area contributed by atoms with Crippen LogP contribution in [0.25, 0.3) is 0 Å². The number of anilines is 1. The van der Waals surface area contributed by atoms with Crippen LogP contribution in [0.15, 0.2) is 18.2 Å². The largest absolute Gasteiger partial charge is 0.416 e. The number of nitrogens with two attached hydrogens (primary N) is 1. The van der Waals surface area contributed by atoms with E-state index in [1.54, 1.807) is 0 Å². The number of thioether (sulfide) groups is 1. The van der Waals surface area contributed by atoms with E-state index in [1.807, 2.05) is 11.8 Å². The molecule has 1 heterocycles. The second kappa shape index (κ2) is 6.05. The van der Waals surface area contributed by atoms with Crippen molar-refractivity contribution in [1.82, 2.24) is 4.90 Å². The van der Waals surface area contributed by atoms with Gasteiger partial charge in [0.2, 0.25) is 0 Å². The summed E-state index contributed by atoms with van der Waals surface area (Å²) < 4.78 is 39.0. The number of benzene rings is 1. The molecule has 2 nitrogen and oxygen atoms in total. The molecule has 2 rings (SSSR count). The normalized spacial score (nSPS) is 18.3. The van der Waals surface area contributed by atoms with Gasteiger partial charge in [-0.05, 0) is 36.4 Å². The number of halogens is 3. The van der Waals surface area contributed by atoms with E-state index in [-0.39, 0.29) is 5.69 Å². The smallest absolute Gasteiger partial charge is 0.399 e. The molecule has 1 saturated heterocycles. The molecule has 106 valence electrons. The molecule has 1 aliphatic heterocycles. The zero-order valence-electron chi connectivity index (χ0n) is 10.5. The first-order valence-corrected chi connectivity index (χ1v) is 7.38. The van der Waals surface area contributed by atoms with Crippen molar-refractivity contribution in [3.63, 3.8) is 0 Å². The van der Waals surface area contributed by atoms with E-state index >= 15 is 0 Å². The highest BCUT2D eigenvalue weighted by Gasteiger charge is 2.33. The maximum atomic E-state index is 13.0. The molecule has 1 aromatic carbocycles. The van der Waals surface area contributed by atoms with Crippen molar-refractivity contribution in [1.29, 1.82) is 0 Å². The first-order chi connectivity index (χ1) is 8.97. The van der Waals surface area contributed by atoms with Gasteiger partial charge in [-0.2, -0.15) is 24.9 Å². The van der Waals surface area contributed by atoms with Crippen molar-refractivity contribution in [2.45, 2.75) is 19.1 Å². The topological polar surface area (TPSA) is 29.3 Å². The summed E-state index contributed by atoms with van der Waals surface area (Å²) in [6.07, 6.45) is -3.31. The lowest BCUT2D eigenvalue weighted by molar-refractivity contribution is -0.138. The number of alkyl halides is 3. The summed E-state index contributed by atoms with van der Waals surface area (Å²) in [7, 11) is 0. The summed E-state index contributed by atoms with van der Waals surface area (Å²) in [6, 6.07) is 4.06. The zero-order valence-corrected chi connectivity index (χ0v) is 11.4. The molecule has 0 spiro atoms. The van der Waals surface area contributed by atoms with E-state index < -0.39 is 11.7 Å². The summed E-state index contributed by atoms with van der Waals surface area (Å²) in [6.45, 7) is 2.04. The SMILES string of the molecule is Nc1ccc(CN2CCCSCC2)c(C(F)(F)F)c1. The standard InChI is InChI=1S/C13H17F3N2S/c14-13(15,16)12-8-11(17)3-2-10(12)9-18-4-1-6-19-7-5-18/h2-3,8H,1,4-7,9,17H2. The van der Waals surface area contributed by atoms with Crippen LogP contribution in [0.5, 0.6) is 0 Å². The zero-order chi connectivity index (χ0) is 13.9. The van der Waals surface area contributed by atoms with Crippen molar-refractivity contribution in [2.75, 3.05) is 30.3 Å². The molecule has 1 aromatic rings. The van der Waals surface area contributed by atoms with Crippen LogP contribution in [0.4, 0.5) is 18.9 Å². The Balaban J connectivity index is 2.19. The lowest BCUT2D eigenvalue weighted by atomic mass is 10.1. The molecule has 6 heteroatoms. The maximum Gasteiger partial charge on any atom is 0.416 e. The van der Waals surface area contributed by atoms with Crippen LogP contribution in [0, 0.1) is 0 Å². The molecule has 19 heavy (non-hydrogen) atoms. The van der Waals surface area contributed by atoms with E-state index in [0.29, 0.717) is 12.1 Å². The molecule has 0 radical (unpaired) electrons. The second-order valence-electron chi connectivity index (χ2n) is 4.66. The van der Waals surface area contributed by atoms with E-state index in [1.165, 1.54) is 12.1 Å². The molecule has 1 aliphatic rings. The van der Waals surface area contributed by atoms with Gasteiger partial charge in [0.25, 0.3) is 0 Å². The molecule has 0 aromatic heterocycles. The Morgan fingerprint density at radius 2 is 2.00 bits per heavy atom. The summed E-state index contributed by atoms with van der Waals surface area (Å²) in [5.74, 6) is 2.07. The van der Waals surface area contributed by atoms with Crippen LogP contribution in [0.1, 0.15) is 17.5 Å². The summed E-state index contributed by atoms with van der Waals surface area (Å²) >= 11 is 1.86. The van der Waals surface area contributed by atoms with Crippen molar-refractivity contribution >= 4 is 17.4 Å². The van der Waals surface area contributed by atoms with Gasteiger partial charge in [0.15, 0.2) is 0 Å².